The molecule has 2 aromatic carbocycles. The van der Waals surface area contributed by atoms with Crippen molar-refractivity contribution in [3.05, 3.63) is 65.0 Å². The molecule has 2 aromatic rings. The zero-order chi connectivity index (χ0) is 15.4. The lowest BCUT2D eigenvalue weighted by Crippen LogP contribution is -1.95. The molecule has 1 aliphatic rings. The summed E-state index contributed by atoms with van der Waals surface area (Å²) in [5, 5.41) is 0. The molecule has 0 aromatic heterocycles. The third kappa shape index (κ3) is 3.49. The van der Waals surface area contributed by atoms with Gasteiger partial charge in [0.1, 0.15) is 11.6 Å². The first-order valence-electron chi connectivity index (χ1n) is 8.17. The standard InChI is InChI=1S/C20H23FO/c1-22-19-11-6-15(7-12-19)4-2-3-5-16-8-9-17-14-18(21)10-13-20(16)17/h6-7,10-14,16H,2-5,8-9H2,1H3/t16-/m1/s1. The van der Waals surface area contributed by atoms with Gasteiger partial charge in [-0.3, -0.25) is 0 Å². The Morgan fingerprint density at radius 3 is 2.68 bits per heavy atom. The van der Waals surface area contributed by atoms with E-state index in [1.807, 2.05) is 18.2 Å². The minimum atomic E-state index is -0.0982. The van der Waals surface area contributed by atoms with E-state index in [2.05, 4.69) is 12.1 Å². The molecule has 0 spiro atoms. The normalized spacial score (nSPS) is 16.5. The number of hydrogen-bond donors (Lipinski definition) is 0. The van der Waals surface area contributed by atoms with Gasteiger partial charge in [-0.2, -0.15) is 0 Å². The van der Waals surface area contributed by atoms with E-state index in [0.29, 0.717) is 5.92 Å². The molecule has 0 unspecified atom stereocenters. The molecule has 0 saturated carbocycles. The van der Waals surface area contributed by atoms with Crippen molar-refractivity contribution in [1.29, 1.82) is 0 Å². The molecule has 0 aliphatic heterocycles. The SMILES string of the molecule is COc1ccc(CCCC[C@@H]2CCc3cc(F)ccc32)cc1. The first kappa shape index (κ1) is 15.1. The average Bonchev–Trinajstić information content (AvgIpc) is 2.94. The zero-order valence-electron chi connectivity index (χ0n) is 13.1. The average molecular weight is 298 g/mol. The van der Waals surface area contributed by atoms with Crippen LogP contribution in [0.1, 0.15) is 48.3 Å². The first-order chi connectivity index (χ1) is 10.8. The number of unbranched alkanes of at least 4 members (excludes halogenated alkanes) is 1. The summed E-state index contributed by atoms with van der Waals surface area (Å²) in [5.41, 5.74) is 3.97. The van der Waals surface area contributed by atoms with Crippen molar-refractivity contribution in [2.24, 2.45) is 0 Å². The third-order valence-corrected chi connectivity index (χ3v) is 4.73. The Bertz CT molecular complexity index is 618. The summed E-state index contributed by atoms with van der Waals surface area (Å²) in [6.07, 6.45) is 6.99. The molecule has 1 nitrogen and oxygen atoms in total. The molecule has 2 heteroatoms. The van der Waals surface area contributed by atoms with Crippen LogP contribution in [0, 0.1) is 5.82 Å². The van der Waals surface area contributed by atoms with E-state index in [-0.39, 0.29) is 5.82 Å². The molecular weight excluding hydrogens is 275 g/mol. The van der Waals surface area contributed by atoms with Crippen LogP contribution in [0.15, 0.2) is 42.5 Å². The lowest BCUT2D eigenvalue weighted by Gasteiger charge is -2.11. The van der Waals surface area contributed by atoms with Gasteiger partial charge >= 0.3 is 0 Å². The fraction of sp³-hybridized carbons (Fsp3) is 0.400. The van der Waals surface area contributed by atoms with Crippen LogP contribution in [-0.2, 0) is 12.8 Å². The predicted molar refractivity (Wildman–Crippen MR) is 88.0 cm³/mol. The molecule has 0 N–H and O–H groups in total. The molecule has 1 atom stereocenters. The van der Waals surface area contributed by atoms with Crippen molar-refractivity contribution >= 4 is 0 Å². The van der Waals surface area contributed by atoms with Crippen LogP contribution < -0.4 is 4.74 Å². The van der Waals surface area contributed by atoms with Gasteiger partial charge in [0.25, 0.3) is 0 Å². The Labute approximate surface area is 132 Å². The van der Waals surface area contributed by atoms with Crippen LogP contribution in [-0.4, -0.2) is 7.11 Å². The van der Waals surface area contributed by atoms with Crippen LogP contribution in [0.4, 0.5) is 4.39 Å². The van der Waals surface area contributed by atoms with Crippen molar-refractivity contribution < 1.29 is 9.13 Å². The summed E-state index contributed by atoms with van der Waals surface area (Å²) in [6.45, 7) is 0. The number of ether oxygens (including phenoxy) is 1. The van der Waals surface area contributed by atoms with E-state index in [4.69, 9.17) is 4.74 Å². The highest BCUT2D eigenvalue weighted by Gasteiger charge is 2.22. The summed E-state index contributed by atoms with van der Waals surface area (Å²) in [7, 11) is 1.69. The number of benzene rings is 2. The molecule has 1 aliphatic carbocycles. The van der Waals surface area contributed by atoms with Gasteiger partial charge in [-0.1, -0.05) is 24.6 Å². The van der Waals surface area contributed by atoms with Gasteiger partial charge in [0.15, 0.2) is 0 Å². The topological polar surface area (TPSA) is 9.23 Å². The summed E-state index contributed by atoms with van der Waals surface area (Å²) < 4.78 is 18.4. The number of aryl methyl sites for hydroxylation is 2. The van der Waals surface area contributed by atoms with Gasteiger partial charge in [0.2, 0.25) is 0 Å². The zero-order valence-corrected chi connectivity index (χ0v) is 13.1. The number of methoxy groups -OCH3 is 1. The quantitative estimate of drug-likeness (QED) is 0.659. The molecule has 22 heavy (non-hydrogen) atoms. The Morgan fingerprint density at radius 2 is 1.91 bits per heavy atom. The smallest absolute Gasteiger partial charge is 0.123 e. The van der Waals surface area contributed by atoms with Crippen LogP contribution in [0.2, 0.25) is 0 Å². The maximum atomic E-state index is 13.2. The predicted octanol–water partition coefficient (Wildman–Crippen LogP) is 5.28. The highest BCUT2D eigenvalue weighted by atomic mass is 19.1. The van der Waals surface area contributed by atoms with Crippen LogP contribution in [0.5, 0.6) is 5.75 Å². The van der Waals surface area contributed by atoms with Crippen molar-refractivity contribution in [1.82, 2.24) is 0 Å². The summed E-state index contributed by atoms with van der Waals surface area (Å²) in [5.74, 6) is 1.45. The minimum Gasteiger partial charge on any atom is -0.497 e. The fourth-order valence-corrected chi connectivity index (χ4v) is 3.49. The highest BCUT2D eigenvalue weighted by Crippen LogP contribution is 2.36. The molecule has 0 amide bonds. The second kappa shape index (κ2) is 6.95. The maximum absolute atomic E-state index is 13.2. The second-order valence-electron chi connectivity index (χ2n) is 6.17. The molecule has 3 rings (SSSR count). The largest absolute Gasteiger partial charge is 0.497 e. The number of rotatable bonds is 6. The lowest BCUT2D eigenvalue weighted by molar-refractivity contribution is 0.414. The highest BCUT2D eigenvalue weighted by molar-refractivity contribution is 5.35. The van der Waals surface area contributed by atoms with Gasteiger partial charge in [0.05, 0.1) is 7.11 Å². The van der Waals surface area contributed by atoms with E-state index in [9.17, 15) is 4.39 Å². The Morgan fingerprint density at radius 1 is 1.09 bits per heavy atom. The molecule has 116 valence electrons. The number of halogens is 1. The minimum absolute atomic E-state index is 0.0982. The van der Waals surface area contributed by atoms with Crippen molar-refractivity contribution in [3.63, 3.8) is 0 Å². The van der Waals surface area contributed by atoms with Gasteiger partial charge in [-0.15, -0.1) is 0 Å². The van der Waals surface area contributed by atoms with E-state index < -0.39 is 0 Å². The van der Waals surface area contributed by atoms with Crippen molar-refractivity contribution in [2.75, 3.05) is 7.11 Å². The van der Waals surface area contributed by atoms with Gasteiger partial charge in [-0.25, -0.2) is 4.39 Å². The molecular formula is C20H23FO. The summed E-state index contributed by atoms with van der Waals surface area (Å²) in [4.78, 5) is 0. The number of hydrogen-bond acceptors (Lipinski definition) is 1. The lowest BCUT2D eigenvalue weighted by atomic mass is 9.94. The fourth-order valence-electron chi connectivity index (χ4n) is 3.49. The first-order valence-corrected chi connectivity index (χ1v) is 8.17. The maximum Gasteiger partial charge on any atom is 0.123 e. The molecule has 0 saturated heterocycles. The van der Waals surface area contributed by atoms with E-state index in [0.717, 1.165) is 18.6 Å². The van der Waals surface area contributed by atoms with Crippen molar-refractivity contribution in [3.8, 4) is 5.75 Å². The van der Waals surface area contributed by atoms with Crippen LogP contribution in [0.3, 0.4) is 0 Å². The van der Waals surface area contributed by atoms with E-state index in [1.165, 1.54) is 42.4 Å². The second-order valence-corrected chi connectivity index (χ2v) is 6.17. The Balaban J connectivity index is 1.46. The van der Waals surface area contributed by atoms with Crippen LogP contribution >= 0.6 is 0 Å². The summed E-state index contributed by atoms with van der Waals surface area (Å²) >= 11 is 0. The summed E-state index contributed by atoms with van der Waals surface area (Å²) in [6, 6.07) is 13.7. The Hall–Kier alpha value is -1.83. The molecule has 0 heterocycles. The third-order valence-electron chi connectivity index (χ3n) is 4.73. The molecule has 0 bridgehead atoms. The monoisotopic (exact) mass is 298 g/mol. The Kier molecular flexibility index (Phi) is 4.77. The number of fused-ring (bicyclic) bond motifs is 1. The van der Waals surface area contributed by atoms with Gasteiger partial charge < -0.3 is 4.74 Å². The van der Waals surface area contributed by atoms with Crippen LogP contribution in [0.25, 0.3) is 0 Å². The van der Waals surface area contributed by atoms with E-state index in [1.54, 1.807) is 19.2 Å². The van der Waals surface area contributed by atoms with Gasteiger partial charge in [-0.05, 0) is 79.0 Å². The molecule has 0 fully saturated rings. The van der Waals surface area contributed by atoms with Gasteiger partial charge in [0, 0.05) is 0 Å². The molecule has 0 radical (unpaired) electrons. The van der Waals surface area contributed by atoms with Crippen molar-refractivity contribution in [2.45, 2.75) is 44.4 Å². The van der Waals surface area contributed by atoms with E-state index >= 15 is 0 Å².